The molecule has 146 valence electrons. The molecule has 3 aromatic rings. The summed E-state index contributed by atoms with van der Waals surface area (Å²) in [6.45, 7) is 0. The van der Waals surface area contributed by atoms with E-state index >= 15 is 0 Å². The molecule has 0 heterocycles. The first-order chi connectivity index (χ1) is 13.0. The van der Waals surface area contributed by atoms with E-state index in [-0.39, 0.29) is 22.5 Å². The van der Waals surface area contributed by atoms with Crippen molar-refractivity contribution in [2.75, 3.05) is 11.5 Å². The number of benzene rings is 3. The molecule has 28 heavy (non-hydrogen) atoms. The lowest BCUT2D eigenvalue weighted by atomic mass is 9.96. The van der Waals surface area contributed by atoms with E-state index in [1.165, 1.54) is 24.3 Å². The predicted octanol–water partition coefficient (Wildman–Crippen LogP) is 6.22. The van der Waals surface area contributed by atoms with Crippen molar-refractivity contribution >= 4 is 11.4 Å². The van der Waals surface area contributed by atoms with Crippen molar-refractivity contribution in [1.29, 1.82) is 0 Å². The highest BCUT2D eigenvalue weighted by atomic mass is 19.4. The summed E-state index contributed by atoms with van der Waals surface area (Å²) in [6.07, 6.45) is -9.04. The summed E-state index contributed by atoms with van der Waals surface area (Å²) in [6, 6.07) is 11.9. The smallest absolute Gasteiger partial charge is 0.398 e. The number of rotatable bonds is 2. The Balaban J connectivity index is 2.02. The molecule has 0 bridgehead atoms. The molecule has 0 aliphatic carbocycles. The van der Waals surface area contributed by atoms with E-state index in [0.29, 0.717) is 11.1 Å². The average Bonchev–Trinajstić information content (AvgIpc) is 2.61. The summed E-state index contributed by atoms with van der Waals surface area (Å²) in [5.74, 6) is 0. The van der Waals surface area contributed by atoms with Crippen LogP contribution in [0.25, 0.3) is 22.3 Å². The van der Waals surface area contributed by atoms with Gasteiger partial charge in [-0.05, 0) is 47.5 Å². The van der Waals surface area contributed by atoms with E-state index < -0.39 is 23.5 Å². The lowest BCUT2D eigenvalue weighted by Crippen LogP contribution is -2.06. The van der Waals surface area contributed by atoms with Gasteiger partial charge in [0.15, 0.2) is 0 Å². The maximum absolute atomic E-state index is 12.9. The first-order valence-corrected chi connectivity index (χ1v) is 8.01. The van der Waals surface area contributed by atoms with Crippen LogP contribution in [0.3, 0.4) is 0 Å². The third-order valence-corrected chi connectivity index (χ3v) is 4.27. The van der Waals surface area contributed by atoms with Crippen molar-refractivity contribution in [3.05, 3.63) is 71.8 Å². The molecule has 0 saturated heterocycles. The monoisotopic (exact) mass is 396 g/mol. The lowest BCUT2D eigenvalue weighted by Gasteiger charge is -2.13. The molecule has 3 rings (SSSR count). The minimum Gasteiger partial charge on any atom is -0.398 e. The Bertz CT molecular complexity index is 922. The number of alkyl halides is 6. The summed E-state index contributed by atoms with van der Waals surface area (Å²) in [7, 11) is 0. The number of hydrogen-bond donors (Lipinski definition) is 2. The standard InChI is InChI=1S/C20H14F6N2/c21-19(22,23)13-5-7-17(27)15(9-13)11-1-2-12(4-3-11)16-10-14(20(24,25)26)6-8-18(16)28/h1-10H,27-28H2. The number of halogens is 6. The molecule has 2 nitrogen and oxygen atoms in total. The topological polar surface area (TPSA) is 52.0 Å². The van der Waals surface area contributed by atoms with Gasteiger partial charge >= 0.3 is 12.4 Å². The largest absolute Gasteiger partial charge is 0.416 e. The van der Waals surface area contributed by atoms with Crippen LogP contribution in [-0.4, -0.2) is 0 Å². The maximum Gasteiger partial charge on any atom is 0.416 e. The fourth-order valence-electron chi connectivity index (χ4n) is 2.79. The molecule has 0 aromatic heterocycles. The van der Waals surface area contributed by atoms with E-state index in [1.807, 2.05) is 0 Å². The highest BCUT2D eigenvalue weighted by molar-refractivity contribution is 5.82. The Kier molecular flexibility index (Phi) is 4.74. The van der Waals surface area contributed by atoms with E-state index in [9.17, 15) is 26.3 Å². The van der Waals surface area contributed by atoms with Crippen molar-refractivity contribution in [2.45, 2.75) is 12.4 Å². The van der Waals surface area contributed by atoms with Crippen LogP contribution < -0.4 is 11.5 Å². The molecular formula is C20H14F6N2. The summed E-state index contributed by atoms with van der Waals surface area (Å²) >= 11 is 0. The minimum atomic E-state index is -4.52. The highest BCUT2D eigenvalue weighted by Crippen LogP contribution is 2.38. The van der Waals surface area contributed by atoms with Crippen molar-refractivity contribution in [3.8, 4) is 22.3 Å². The van der Waals surface area contributed by atoms with Crippen molar-refractivity contribution < 1.29 is 26.3 Å². The Labute approximate surface area is 156 Å². The number of anilines is 2. The van der Waals surface area contributed by atoms with E-state index in [4.69, 9.17) is 11.5 Å². The zero-order chi connectivity index (χ0) is 20.7. The molecule has 0 amide bonds. The molecule has 4 N–H and O–H groups in total. The molecule has 0 unspecified atom stereocenters. The Hall–Kier alpha value is -3.16. The highest BCUT2D eigenvalue weighted by Gasteiger charge is 2.32. The van der Waals surface area contributed by atoms with E-state index in [2.05, 4.69) is 0 Å². The van der Waals surface area contributed by atoms with Crippen LogP contribution in [0, 0.1) is 0 Å². The SMILES string of the molecule is Nc1ccc(C(F)(F)F)cc1-c1ccc(-c2cc(C(F)(F)F)ccc2N)cc1. The van der Waals surface area contributed by atoms with Gasteiger partial charge in [-0.2, -0.15) is 26.3 Å². The zero-order valence-electron chi connectivity index (χ0n) is 14.2. The fourth-order valence-corrected chi connectivity index (χ4v) is 2.79. The molecule has 8 heteroatoms. The average molecular weight is 396 g/mol. The van der Waals surface area contributed by atoms with Crippen LogP contribution in [0.5, 0.6) is 0 Å². The second-order valence-corrected chi connectivity index (χ2v) is 6.18. The molecule has 0 fully saturated rings. The van der Waals surface area contributed by atoms with Gasteiger partial charge in [0.05, 0.1) is 11.1 Å². The normalized spacial score (nSPS) is 12.2. The van der Waals surface area contributed by atoms with Gasteiger partial charge in [-0.25, -0.2) is 0 Å². The third kappa shape index (κ3) is 3.90. The number of hydrogen-bond acceptors (Lipinski definition) is 2. The Morgan fingerprint density at radius 3 is 1.11 bits per heavy atom. The van der Waals surface area contributed by atoms with Crippen LogP contribution in [-0.2, 0) is 12.4 Å². The fraction of sp³-hybridized carbons (Fsp3) is 0.100. The van der Waals surface area contributed by atoms with Crippen LogP contribution in [0.15, 0.2) is 60.7 Å². The molecule has 0 aliphatic rings. The second kappa shape index (κ2) is 6.78. The molecule has 0 saturated carbocycles. The first kappa shape index (κ1) is 19.6. The number of nitrogens with two attached hydrogens (primary N) is 2. The Morgan fingerprint density at radius 2 is 0.821 bits per heavy atom. The van der Waals surface area contributed by atoms with Crippen LogP contribution in [0.4, 0.5) is 37.7 Å². The van der Waals surface area contributed by atoms with Crippen LogP contribution in [0.2, 0.25) is 0 Å². The Morgan fingerprint density at radius 1 is 0.500 bits per heavy atom. The van der Waals surface area contributed by atoms with Gasteiger partial charge in [-0.3, -0.25) is 0 Å². The van der Waals surface area contributed by atoms with Gasteiger partial charge in [-0.1, -0.05) is 24.3 Å². The van der Waals surface area contributed by atoms with Gasteiger partial charge in [-0.15, -0.1) is 0 Å². The summed E-state index contributed by atoms with van der Waals surface area (Å²) in [5.41, 5.74) is 11.4. The quantitative estimate of drug-likeness (QED) is 0.399. The predicted molar refractivity (Wildman–Crippen MR) is 96.1 cm³/mol. The van der Waals surface area contributed by atoms with Crippen molar-refractivity contribution in [1.82, 2.24) is 0 Å². The van der Waals surface area contributed by atoms with Gasteiger partial charge in [0.1, 0.15) is 0 Å². The van der Waals surface area contributed by atoms with Crippen LogP contribution >= 0.6 is 0 Å². The first-order valence-electron chi connectivity index (χ1n) is 8.01. The molecule has 0 radical (unpaired) electrons. The number of nitrogen functional groups attached to an aromatic ring is 2. The molecule has 0 spiro atoms. The lowest BCUT2D eigenvalue weighted by molar-refractivity contribution is -0.138. The molecular weight excluding hydrogens is 382 g/mol. The maximum atomic E-state index is 12.9. The van der Waals surface area contributed by atoms with Gasteiger partial charge in [0.25, 0.3) is 0 Å². The van der Waals surface area contributed by atoms with Crippen molar-refractivity contribution in [2.24, 2.45) is 0 Å². The molecule has 3 aromatic carbocycles. The van der Waals surface area contributed by atoms with Gasteiger partial charge in [0.2, 0.25) is 0 Å². The third-order valence-electron chi connectivity index (χ3n) is 4.27. The minimum absolute atomic E-state index is 0.152. The van der Waals surface area contributed by atoms with E-state index in [0.717, 1.165) is 36.4 Å². The van der Waals surface area contributed by atoms with E-state index in [1.54, 1.807) is 0 Å². The van der Waals surface area contributed by atoms with Crippen LogP contribution in [0.1, 0.15) is 11.1 Å². The van der Waals surface area contributed by atoms with Gasteiger partial charge in [0, 0.05) is 22.5 Å². The summed E-state index contributed by atoms with van der Waals surface area (Å²) in [4.78, 5) is 0. The van der Waals surface area contributed by atoms with Gasteiger partial charge < -0.3 is 11.5 Å². The summed E-state index contributed by atoms with van der Waals surface area (Å²) in [5, 5.41) is 0. The zero-order valence-corrected chi connectivity index (χ0v) is 14.2. The molecule has 0 aliphatic heterocycles. The van der Waals surface area contributed by atoms with Crippen molar-refractivity contribution in [3.63, 3.8) is 0 Å². The molecule has 0 atom stereocenters. The summed E-state index contributed by atoms with van der Waals surface area (Å²) < 4.78 is 77.6. The second-order valence-electron chi connectivity index (χ2n) is 6.18.